The van der Waals surface area contributed by atoms with Crippen molar-refractivity contribution in [2.45, 2.75) is 39.5 Å². The lowest BCUT2D eigenvalue weighted by molar-refractivity contribution is 0.238. The SMILES string of the molecule is CN1CCCN(CCCC(C)(C)CCN)CC1. The van der Waals surface area contributed by atoms with Crippen molar-refractivity contribution < 1.29 is 0 Å². The van der Waals surface area contributed by atoms with Crippen LogP contribution in [0.25, 0.3) is 0 Å². The first-order valence-corrected chi connectivity index (χ1v) is 7.14. The maximum absolute atomic E-state index is 5.65. The predicted molar refractivity (Wildman–Crippen MR) is 75.2 cm³/mol. The Balaban J connectivity index is 2.17. The van der Waals surface area contributed by atoms with Gasteiger partial charge in [0, 0.05) is 13.1 Å². The fourth-order valence-corrected chi connectivity index (χ4v) is 2.62. The number of hydrogen-bond donors (Lipinski definition) is 1. The molecule has 1 aliphatic rings. The molecule has 0 aromatic heterocycles. The average molecular weight is 241 g/mol. The van der Waals surface area contributed by atoms with E-state index in [2.05, 4.69) is 30.7 Å². The minimum atomic E-state index is 0.428. The minimum Gasteiger partial charge on any atom is -0.330 e. The highest BCUT2D eigenvalue weighted by molar-refractivity contribution is 4.72. The Kier molecular flexibility index (Phi) is 6.45. The van der Waals surface area contributed by atoms with Gasteiger partial charge < -0.3 is 15.5 Å². The molecular formula is C14H31N3. The summed E-state index contributed by atoms with van der Waals surface area (Å²) in [4.78, 5) is 5.07. The van der Waals surface area contributed by atoms with E-state index in [0.29, 0.717) is 5.41 Å². The molecule has 0 amide bonds. The van der Waals surface area contributed by atoms with E-state index >= 15 is 0 Å². The second-order valence-electron chi connectivity index (χ2n) is 6.30. The molecule has 1 rings (SSSR count). The smallest absolute Gasteiger partial charge is 0.0109 e. The predicted octanol–water partition coefficient (Wildman–Crippen LogP) is 1.78. The molecule has 0 atom stereocenters. The molecule has 0 unspecified atom stereocenters. The molecule has 0 aliphatic carbocycles. The van der Waals surface area contributed by atoms with Crippen molar-refractivity contribution in [3.8, 4) is 0 Å². The highest BCUT2D eigenvalue weighted by Gasteiger charge is 2.17. The first kappa shape index (κ1) is 14.9. The van der Waals surface area contributed by atoms with Crippen LogP contribution in [0.15, 0.2) is 0 Å². The van der Waals surface area contributed by atoms with Crippen molar-refractivity contribution in [2.24, 2.45) is 11.1 Å². The Morgan fingerprint density at radius 2 is 1.82 bits per heavy atom. The maximum atomic E-state index is 5.65. The second-order valence-corrected chi connectivity index (χ2v) is 6.30. The van der Waals surface area contributed by atoms with Gasteiger partial charge in [0.15, 0.2) is 0 Å². The molecule has 0 spiro atoms. The van der Waals surface area contributed by atoms with Crippen LogP contribution in [-0.2, 0) is 0 Å². The summed E-state index contributed by atoms with van der Waals surface area (Å²) in [5.41, 5.74) is 6.08. The van der Waals surface area contributed by atoms with E-state index in [4.69, 9.17) is 5.73 Å². The van der Waals surface area contributed by atoms with Crippen LogP contribution in [0, 0.1) is 5.41 Å². The number of likely N-dealkylation sites (N-methyl/N-ethyl adjacent to an activating group) is 1. The first-order valence-electron chi connectivity index (χ1n) is 7.14. The molecule has 0 saturated carbocycles. The van der Waals surface area contributed by atoms with Gasteiger partial charge in [0.1, 0.15) is 0 Å². The molecule has 1 heterocycles. The zero-order chi connectivity index (χ0) is 12.7. The fourth-order valence-electron chi connectivity index (χ4n) is 2.62. The van der Waals surface area contributed by atoms with E-state index in [0.717, 1.165) is 13.0 Å². The summed E-state index contributed by atoms with van der Waals surface area (Å²) >= 11 is 0. The second kappa shape index (κ2) is 7.34. The van der Waals surface area contributed by atoms with Gasteiger partial charge >= 0.3 is 0 Å². The fraction of sp³-hybridized carbons (Fsp3) is 1.00. The van der Waals surface area contributed by atoms with E-state index in [9.17, 15) is 0 Å². The minimum absolute atomic E-state index is 0.428. The summed E-state index contributed by atoms with van der Waals surface area (Å²) < 4.78 is 0. The van der Waals surface area contributed by atoms with Gasteiger partial charge in [0.25, 0.3) is 0 Å². The first-order chi connectivity index (χ1) is 8.03. The zero-order valence-electron chi connectivity index (χ0n) is 12.0. The topological polar surface area (TPSA) is 32.5 Å². The average Bonchev–Trinajstić information content (AvgIpc) is 2.43. The van der Waals surface area contributed by atoms with E-state index < -0.39 is 0 Å². The number of rotatable bonds is 6. The van der Waals surface area contributed by atoms with Crippen molar-refractivity contribution in [2.75, 3.05) is 46.3 Å². The Morgan fingerprint density at radius 3 is 2.53 bits per heavy atom. The molecular weight excluding hydrogens is 210 g/mol. The quantitative estimate of drug-likeness (QED) is 0.769. The van der Waals surface area contributed by atoms with Gasteiger partial charge in [-0.15, -0.1) is 0 Å². The summed E-state index contributed by atoms with van der Waals surface area (Å²) in [5.74, 6) is 0. The van der Waals surface area contributed by atoms with Crippen molar-refractivity contribution in [3.63, 3.8) is 0 Å². The Morgan fingerprint density at radius 1 is 1.06 bits per heavy atom. The Bertz CT molecular complexity index is 204. The van der Waals surface area contributed by atoms with Crippen molar-refractivity contribution >= 4 is 0 Å². The van der Waals surface area contributed by atoms with Gasteiger partial charge in [-0.25, -0.2) is 0 Å². The largest absolute Gasteiger partial charge is 0.330 e. The van der Waals surface area contributed by atoms with Crippen molar-refractivity contribution in [1.82, 2.24) is 9.80 Å². The summed E-state index contributed by atoms with van der Waals surface area (Å²) in [6.07, 6.45) is 5.09. The molecule has 3 heteroatoms. The third-order valence-corrected chi connectivity index (χ3v) is 3.96. The van der Waals surface area contributed by atoms with Crippen molar-refractivity contribution in [3.05, 3.63) is 0 Å². The van der Waals surface area contributed by atoms with Crippen LogP contribution in [-0.4, -0.2) is 56.1 Å². The lowest BCUT2D eigenvalue weighted by Gasteiger charge is -2.26. The summed E-state index contributed by atoms with van der Waals surface area (Å²) in [6, 6.07) is 0. The van der Waals surface area contributed by atoms with Crippen LogP contribution in [0.2, 0.25) is 0 Å². The van der Waals surface area contributed by atoms with Gasteiger partial charge in [0.2, 0.25) is 0 Å². The Hall–Kier alpha value is -0.120. The zero-order valence-corrected chi connectivity index (χ0v) is 12.0. The molecule has 1 aliphatic heterocycles. The van der Waals surface area contributed by atoms with E-state index in [1.165, 1.54) is 52.0 Å². The van der Waals surface area contributed by atoms with Crippen LogP contribution in [0.1, 0.15) is 39.5 Å². The summed E-state index contributed by atoms with van der Waals surface area (Å²) in [5, 5.41) is 0. The lowest BCUT2D eigenvalue weighted by Crippen LogP contribution is -2.30. The Labute approximate surface area is 107 Å². The van der Waals surface area contributed by atoms with E-state index in [1.807, 2.05) is 0 Å². The number of hydrogen-bond acceptors (Lipinski definition) is 3. The van der Waals surface area contributed by atoms with Crippen LogP contribution < -0.4 is 5.73 Å². The van der Waals surface area contributed by atoms with Crippen molar-refractivity contribution in [1.29, 1.82) is 0 Å². The molecule has 1 saturated heterocycles. The van der Waals surface area contributed by atoms with Crippen LogP contribution >= 0.6 is 0 Å². The van der Waals surface area contributed by atoms with Gasteiger partial charge in [-0.05, 0) is 64.3 Å². The molecule has 3 nitrogen and oxygen atoms in total. The molecule has 102 valence electrons. The molecule has 0 radical (unpaired) electrons. The molecule has 17 heavy (non-hydrogen) atoms. The monoisotopic (exact) mass is 241 g/mol. The molecule has 1 fully saturated rings. The molecule has 0 bridgehead atoms. The van der Waals surface area contributed by atoms with Gasteiger partial charge in [-0.3, -0.25) is 0 Å². The van der Waals surface area contributed by atoms with Crippen LogP contribution in [0.5, 0.6) is 0 Å². The standard InChI is InChI=1S/C14H31N3/c1-14(2,7-8-15)6-4-10-17-11-5-9-16(3)12-13-17/h4-13,15H2,1-3H3. The van der Waals surface area contributed by atoms with E-state index in [1.54, 1.807) is 0 Å². The molecule has 2 N–H and O–H groups in total. The summed E-state index contributed by atoms with van der Waals surface area (Å²) in [6.45, 7) is 11.8. The lowest BCUT2D eigenvalue weighted by atomic mass is 9.84. The van der Waals surface area contributed by atoms with E-state index in [-0.39, 0.29) is 0 Å². The third-order valence-electron chi connectivity index (χ3n) is 3.96. The maximum Gasteiger partial charge on any atom is 0.0109 e. The van der Waals surface area contributed by atoms with Gasteiger partial charge in [-0.2, -0.15) is 0 Å². The summed E-state index contributed by atoms with van der Waals surface area (Å²) in [7, 11) is 2.23. The highest BCUT2D eigenvalue weighted by atomic mass is 15.2. The third kappa shape index (κ3) is 6.39. The normalized spacial score (nSPS) is 20.5. The number of nitrogens with zero attached hydrogens (tertiary/aromatic N) is 2. The molecule has 0 aromatic rings. The van der Waals surface area contributed by atoms with Gasteiger partial charge in [-0.1, -0.05) is 13.8 Å². The molecule has 0 aromatic carbocycles. The van der Waals surface area contributed by atoms with Crippen LogP contribution in [0.3, 0.4) is 0 Å². The highest BCUT2D eigenvalue weighted by Crippen LogP contribution is 2.25. The van der Waals surface area contributed by atoms with Crippen LogP contribution in [0.4, 0.5) is 0 Å². The van der Waals surface area contributed by atoms with Gasteiger partial charge in [0.05, 0.1) is 0 Å². The number of nitrogens with two attached hydrogens (primary N) is 1.